The van der Waals surface area contributed by atoms with Gasteiger partial charge in [0.1, 0.15) is 5.54 Å². The number of para-hydroxylation sites is 1. The number of carboxylic acid groups (broad SMARTS) is 1. The summed E-state index contributed by atoms with van der Waals surface area (Å²) >= 11 is 6.11. The van der Waals surface area contributed by atoms with E-state index in [9.17, 15) is 22.8 Å². The first-order chi connectivity index (χ1) is 17.5. The quantitative estimate of drug-likeness (QED) is 0.429. The Morgan fingerprint density at radius 1 is 1.11 bits per heavy atom. The number of nitrogens with zero attached hydrogens (tertiary/aromatic N) is 2. The number of rotatable bonds is 5. The van der Waals surface area contributed by atoms with E-state index in [1.165, 1.54) is 0 Å². The minimum atomic E-state index is -5.08. The highest BCUT2D eigenvalue weighted by Gasteiger charge is 2.50. The van der Waals surface area contributed by atoms with Gasteiger partial charge in [0.05, 0.1) is 17.3 Å². The van der Waals surface area contributed by atoms with E-state index in [0.717, 1.165) is 31.6 Å². The third-order valence-corrected chi connectivity index (χ3v) is 6.63. The van der Waals surface area contributed by atoms with Crippen molar-refractivity contribution in [2.45, 2.75) is 24.6 Å². The molecule has 1 spiro atoms. The summed E-state index contributed by atoms with van der Waals surface area (Å²) in [4.78, 5) is 38.5. The van der Waals surface area contributed by atoms with Crippen LogP contribution in [-0.2, 0) is 9.59 Å². The molecule has 2 saturated heterocycles. The van der Waals surface area contributed by atoms with Crippen LogP contribution in [0.25, 0.3) is 0 Å². The monoisotopic (exact) mass is 541 g/mol. The highest BCUT2D eigenvalue weighted by Crippen LogP contribution is 2.36. The van der Waals surface area contributed by atoms with Gasteiger partial charge in [-0.3, -0.25) is 9.59 Å². The summed E-state index contributed by atoms with van der Waals surface area (Å²) in [7, 11) is 0. The Morgan fingerprint density at radius 2 is 1.73 bits per heavy atom. The first-order valence-electron chi connectivity index (χ1n) is 11.4. The average Bonchev–Trinajstić information content (AvgIpc) is 3.16. The molecule has 13 heteroatoms. The van der Waals surface area contributed by atoms with Crippen molar-refractivity contribution in [1.82, 2.24) is 15.5 Å². The molecular weight excluding hydrogens is 515 g/mol. The number of aliphatic carboxylic acids is 1. The fourth-order valence-corrected chi connectivity index (χ4v) is 4.64. The first kappa shape index (κ1) is 28.1. The van der Waals surface area contributed by atoms with Crippen LogP contribution in [0.4, 0.5) is 24.5 Å². The molecule has 0 saturated carbocycles. The van der Waals surface area contributed by atoms with Crippen LogP contribution in [0.15, 0.2) is 48.5 Å². The minimum Gasteiger partial charge on any atom is -0.475 e. The zero-order valence-corrected chi connectivity index (χ0v) is 20.5. The van der Waals surface area contributed by atoms with Gasteiger partial charge in [-0.05, 0) is 37.1 Å². The molecule has 4 rings (SSSR count). The number of alkyl halides is 3. The van der Waals surface area contributed by atoms with Crippen LogP contribution in [0.5, 0.6) is 0 Å². The van der Waals surface area contributed by atoms with Crippen LogP contribution in [-0.4, -0.2) is 72.4 Å². The van der Waals surface area contributed by atoms with Gasteiger partial charge in [0.15, 0.2) is 0 Å². The molecule has 0 aromatic heterocycles. The Labute approximate surface area is 216 Å². The Balaban J connectivity index is 0.000000479. The van der Waals surface area contributed by atoms with E-state index in [1.54, 1.807) is 18.2 Å². The van der Waals surface area contributed by atoms with Gasteiger partial charge in [0.25, 0.3) is 5.91 Å². The third-order valence-electron chi connectivity index (χ3n) is 6.32. The van der Waals surface area contributed by atoms with Crippen LogP contribution >= 0.6 is 11.6 Å². The predicted octanol–water partition coefficient (Wildman–Crippen LogP) is 2.71. The van der Waals surface area contributed by atoms with Gasteiger partial charge >= 0.3 is 12.1 Å². The first-order valence-corrected chi connectivity index (χ1v) is 11.8. The fourth-order valence-electron chi connectivity index (χ4n) is 4.38. The third kappa shape index (κ3) is 6.63. The molecule has 0 radical (unpaired) electrons. The summed E-state index contributed by atoms with van der Waals surface area (Å²) in [6.07, 6.45) is -3.59. The smallest absolute Gasteiger partial charge is 0.475 e. The molecule has 0 aliphatic carbocycles. The standard InChI is InChI=1S/C22H26ClN5O2.C2HF3O2/c23-17-7-4-8-18(24)19(17)20(29)25-11-14-27-12-9-22(10-13-27)21(30)26-15-28(22)16-5-2-1-3-6-16;3-2(4,5)1(6)7/h1-8H,9-15,24H2,(H,25,29)(H,26,30);(H,6,7). The molecule has 0 atom stereocenters. The van der Waals surface area contributed by atoms with Gasteiger partial charge in [0.2, 0.25) is 5.91 Å². The molecule has 2 aliphatic heterocycles. The molecular formula is C24H27ClF3N5O4. The number of halogens is 4. The van der Waals surface area contributed by atoms with Crippen LogP contribution in [0.1, 0.15) is 23.2 Å². The van der Waals surface area contributed by atoms with Crippen LogP contribution in [0.3, 0.4) is 0 Å². The molecule has 37 heavy (non-hydrogen) atoms. The second-order valence-electron chi connectivity index (χ2n) is 8.56. The van der Waals surface area contributed by atoms with Crippen molar-refractivity contribution >= 4 is 40.8 Å². The van der Waals surface area contributed by atoms with E-state index in [0.29, 0.717) is 36.0 Å². The minimum absolute atomic E-state index is 0.105. The van der Waals surface area contributed by atoms with E-state index in [2.05, 4.69) is 20.4 Å². The highest BCUT2D eigenvalue weighted by atomic mass is 35.5. The molecule has 2 heterocycles. The van der Waals surface area contributed by atoms with Crippen LogP contribution in [0.2, 0.25) is 5.02 Å². The fraction of sp³-hybridized carbons (Fsp3) is 0.375. The largest absolute Gasteiger partial charge is 0.490 e. The zero-order chi connectivity index (χ0) is 27.2. The summed E-state index contributed by atoms with van der Waals surface area (Å²) in [6, 6.07) is 15.1. The van der Waals surface area contributed by atoms with Gasteiger partial charge < -0.3 is 31.3 Å². The lowest BCUT2D eigenvalue weighted by Crippen LogP contribution is -2.57. The van der Waals surface area contributed by atoms with Gasteiger partial charge in [0, 0.05) is 37.6 Å². The summed E-state index contributed by atoms with van der Waals surface area (Å²) in [6.45, 7) is 3.32. The molecule has 5 N–H and O–H groups in total. The Hall–Kier alpha value is -3.51. The molecule has 200 valence electrons. The molecule has 0 bridgehead atoms. The number of carbonyl (C=O) groups is 3. The van der Waals surface area contributed by atoms with Gasteiger partial charge in [-0.25, -0.2) is 4.79 Å². The van der Waals surface area contributed by atoms with E-state index in [1.807, 2.05) is 30.3 Å². The van der Waals surface area contributed by atoms with Gasteiger partial charge in [-0.1, -0.05) is 35.9 Å². The summed E-state index contributed by atoms with van der Waals surface area (Å²) in [5, 5.41) is 13.4. The number of hydrogen-bond donors (Lipinski definition) is 4. The van der Waals surface area contributed by atoms with Crippen molar-refractivity contribution in [3.63, 3.8) is 0 Å². The zero-order valence-electron chi connectivity index (χ0n) is 19.7. The lowest BCUT2D eigenvalue weighted by molar-refractivity contribution is -0.192. The second kappa shape index (κ2) is 11.7. The predicted molar refractivity (Wildman–Crippen MR) is 132 cm³/mol. The number of amides is 2. The normalized spacial score (nSPS) is 17.1. The number of carboxylic acids is 1. The number of hydrogen-bond acceptors (Lipinski definition) is 6. The van der Waals surface area contributed by atoms with Crippen molar-refractivity contribution in [3.05, 3.63) is 59.1 Å². The Kier molecular flexibility index (Phi) is 8.87. The van der Waals surface area contributed by atoms with E-state index in [4.69, 9.17) is 27.2 Å². The number of benzene rings is 2. The van der Waals surface area contributed by atoms with E-state index >= 15 is 0 Å². The summed E-state index contributed by atoms with van der Waals surface area (Å²) in [5.41, 5.74) is 7.14. The topological polar surface area (TPSA) is 128 Å². The number of nitrogens with two attached hydrogens (primary N) is 1. The Morgan fingerprint density at radius 3 is 2.30 bits per heavy atom. The summed E-state index contributed by atoms with van der Waals surface area (Å²) in [5.74, 6) is -2.92. The van der Waals surface area contributed by atoms with Gasteiger partial charge in [-0.2, -0.15) is 13.2 Å². The van der Waals surface area contributed by atoms with Crippen molar-refractivity contribution in [3.8, 4) is 0 Å². The number of likely N-dealkylation sites (tertiary alicyclic amines) is 1. The van der Waals surface area contributed by atoms with E-state index in [-0.39, 0.29) is 11.8 Å². The van der Waals surface area contributed by atoms with Crippen LogP contribution in [0, 0.1) is 0 Å². The Bertz CT molecular complexity index is 1100. The summed E-state index contributed by atoms with van der Waals surface area (Å²) < 4.78 is 31.7. The molecule has 9 nitrogen and oxygen atoms in total. The number of nitrogens with one attached hydrogen (secondary N) is 2. The molecule has 2 fully saturated rings. The maximum Gasteiger partial charge on any atom is 0.490 e. The lowest BCUT2D eigenvalue weighted by atomic mass is 9.85. The maximum atomic E-state index is 12.7. The van der Waals surface area contributed by atoms with Crippen LogP contribution < -0.4 is 21.3 Å². The van der Waals surface area contributed by atoms with Crippen molar-refractivity contribution in [2.75, 3.05) is 43.5 Å². The van der Waals surface area contributed by atoms with E-state index < -0.39 is 17.7 Å². The molecule has 2 aromatic carbocycles. The number of piperidine rings is 1. The number of carbonyl (C=O) groups excluding carboxylic acids is 2. The number of nitrogen functional groups attached to an aromatic ring is 1. The van der Waals surface area contributed by atoms with Crippen molar-refractivity contribution in [2.24, 2.45) is 0 Å². The van der Waals surface area contributed by atoms with Gasteiger partial charge in [-0.15, -0.1) is 0 Å². The van der Waals surface area contributed by atoms with Crippen molar-refractivity contribution in [1.29, 1.82) is 0 Å². The second-order valence-corrected chi connectivity index (χ2v) is 8.97. The molecule has 2 aromatic rings. The molecule has 2 aliphatic rings. The molecule has 0 unspecified atom stereocenters. The van der Waals surface area contributed by atoms with Crippen molar-refractivity contribution < 1.29 is 32.7 Å². The average molecular weight is 542 g/mol. The number of anilines is 2. The maximum absolute atomic E-state index is 12.7. The molecule has 2 amide bonds. The SMILES string of the molecule is Nc1cccc(Cl)c1C(=O)NCCN1CCC2(CC1)C(=O)NCN2c1ccccc1.O=C(O)C(F)(F)F. The highest BCUT2D eigenvalue weighted by molar-refractivity contribution is 6.34. The lowest BCUT2D eigenvalue weighted by Gasteiger charge is -2.43.